The molecule has 0 spiro atoms. The molecule has 0 aliphatic rings. The van der Waals surface area contributed by atoms with E-state index in [0.29, 0.717) is 0 Å². The van der Waals surface area contributed by atoms with Gasteiger partial charge >= 0.3 is 0 Å². The molecular weight excluding hydrogens is 340 g/mol. The second-order valence-electron chi connectivity index (χ2n) is 4.20. The molecule has 0 amide bonds. The van der Waals surface area contributed by atoms with Crippen LogP contribution in [0.2, 0.25) is 0 Å². The van der Waals surface area contributed by atoms with Crippen LogP contribution in [0.25, 0.3) is 10.2 Å². The fourth-order valence-corrected chi connectivity index (χ4v) is 4.59. The summed E-state index contributed by atoms with van der Waals surface area (Å²) in [4.78, 5) is 5.85. The second kappa shape index (κ2) is 5.71. The Morgan fingerprint density at radius 2 is 2.16 bits per heavy atom. The molecule has 0 aliphatic heterocycles. The molecule has 0 aromatic carbocycles. The SMILES string of the molecule is CCNC(c1cnc2ccsc2c1)c1sccc1Br. The zero-order chi connectivity index (χ0) is 13.2. The van der Waals surface area contributed by atoms with Gasteiger partial charge in [0.15, 0.2) is 0 Å². The normalized spacial score (nSPS) is 12.9. The molecule has 3 rings (SSSR count). The predicted molar refractivity (Wildman–Crippen MR) is 87.2 cm³/mol. The maximum absolute atomic E-state index is 4.54. The van der Waals surface area contributed by atoms with Crippen LogP contribution >= 0.6 is 38.6 Å². The third-order valence-corrected chi connectivity index (χ3v) is 5.76. The molecular formula is C14H13BrN2S2. The highest BCUT2D eigenvalue weighted by Gasteiger charge is 2.18. The highest BCUT2D eigenvalue weighted by molar-refractivity contribution is 9.10. The Kier molecular flexibility index (Phi) is 3.98. The van der Waals surface area contributed by atoms with Crippen molar-refractivity contribution in [2.24, 2.45) is 0 Å². The van der Waals surface area contributed by atoms with Gasteiger partial charge in [0, 0.05) is 15.5 Å². The number of nitrogens with one attached hydrogen (secondary N) is 1. The van der Waals surface area contributed by atoms with Crippen LogP contribution in [0.5, 0.6) is 0 Å². The minimum Gasteiger partial charge on any atom is -0.306 e. The number of halogens is 1. The lowest BCUT2D eigenvalue weighted by atomic mass is 10.1. The van der Waals surface area contributed by atoms with Crippen molar-refractivity contribution in [3.8, 4) is 0 Å². The molecule has 1 N–H and O–H groups in total. The molecule has 0 radical (unpaired) electrons. The number of fused-ring (bicyclic) bond motifs is 1. The fraction of sp³-hybridized carbons (Fsp3) is 0.214. The zero-order valence-electron chi connectivity index (χ0n) is 10.4. The molecule has 5 heteroatoms. The van der Waals surface area contributed by atoms with Crippen molar-refractivity contribution in [2.75, 3.05) is 6.54 Å². The van der Waals surface area contributed by atoms with E-state index in [9.17, 15) is 0 Å². The summed E-state index contributed by atoms with van der Waals surface area (Å²) < 4.78 is 2.41. The Labute approximate surface area is 128 Å². The van der Waals surface area contributed by atoms with E-state index in [1.54, 1.807) is 22.7 Å². The molecule has 1 atom stereocenters. The van der Waals surface area contributed by atoms with E-state index in [2.05, 4.69) is 62.1 Å². The Hall–Kier alpha value is -0.750. The summed E-state index contributed by atoms with van der Waals surface area (Å²) in [6, 6.07) is 6.61. The Morgan fingerprint density at radius 3 is 2.89 bits per heavy atom. The average Bonchev–Trinajstić information content (AvgIpc) is 3.03. The van der Waals surface area contributed by atoms with Gasteiger partial charge in [0.25, 0.3) is 0 Å². The number of nitrogens with zero attached hydrogens (tertiary/aromatic N) is 1. The van der Waals surface area contributed by atoms with E-state index in [4.69, 9.17) is 0 Å². The number of aromatic nitrogens is 1. The monoisotopic (exact) mass is 352 g/mol. The predicted octanol–water partition coefficient (Wildman–Crippen LogP) is 4.82. The van der Waals surface area contributed by atoms with E-state index < -0.39 is 0 Å². The Balaban J connectivity index is 2.06. The van der Waals surface area contributed by atoms with E-state index >= 15 is 0 Å². The summed E-state index contributed by atoms with van der Waals surface area (Å²) in [7, 11) is 0. The molecule has 0 saturated carbocycles. The topological polar surface area (TPSA) is 24.9 Å². The fourth-order valence-electron chi connectivity index (χ4n) is 2.10. The lowest BCUT2D eigenvalue weighted by molar-refractivity contribution is 0.637. The van der Waals surface area contributed by atoms with Gasteiger partial charge in [-0.15, -0.1) is 22.7 Å². The number of hydrogen-bond donors (Lipinski definition) is 1. The summed E-state index contributed by atoms with van der Waals surface area (Å²) in [6.07, 6.45) is 1.98. The molecule has 19 heavy (non-hydrogen) atoms. The van der Waals surface area contributed by atoms with Crippen molar-refractivity contribution < 1.29 is 0 Å². The van der Waals surface area contributed by atoms with Crippen molar-refractivity contribution in [2.45, 2.75) is 13.0 Å². The van der Waals surface area contributed by atoms with Crippen LogP contribution in [0.1, 0.15) is 23.4 Å². The van der Waals surface area contributed by atoms with Crippen LogP contribution in [0.15, 0.2) is 39.6 Å². The van der Waals surface area contributed by atoms with Gasteiger partial charge in [0.05, 0.1) is 16.3 Å². The summed E-state index contributed by atoms with van der Waals surface area (Å²) in [5.41, 5.74) is 2.30. The first-order chi connectivity index (χ1) is 9.29. The van der Waals surface area contributed by atoms with Gasteiger partial charge in [0.2, 0.25) is 0 Å². The van der Waals surface area contributed by atoms with Crippen LogP contribution in [-0.4, -0.2) is 11.5 Å². The second-order valence-corrected chi connectivity index (χ2v) is 6.95. The first kappa shape index (κ1) is 13.2. The van der Waals surface area contributed by atoms with Crippen molar-refractivity contribution in [3.63, 3.8) is 0 Å². The van der Waals surface area contributed by atoms with Gasteiger partial charge in [-0.25, -0.2) is 0 Å². The van der Waals surface area contributed by atoms with Gasteiger partial charge in [-0.05, 0) is 57.0 Å². The van der Waals surface area contributed by atoms with Crippen LogP contribution in [0.3, 0.4) is 0 Å². The smallest absolute Gasteiger partial charge is 0.0809 e. The lowest BCUT2D eigenvalue weighted by Gasteiger charge is -2.17. The van der Waals surface area contributed by atoms with E-state index in [0.717, 1.165) is 16.5 Å². The van der Waals surface area contributed by atoms with Crippen LogP contribution in [0.4, 0.5) is 0 Å². The van der Waals surface area contributed by atoms with E-state index in [1.165, 1.54) is 15.1 Å². The number of pyridine rings is 1. The molecule has 3 aromatic rings. The molecule has 3 heterocycles. The Morgan fingerprint density at radius 1 is 1.32 bits per heavy atom. The van der Waals surface area contributed by atoms with Gasteiger partial charge < -0.3 is 5.32 Å². The van der Waals surface area contributed by atoms with Crippen LogP contribution < -0.4 is 5.32 Å². The zero-order valence-corrected chi connectivity index (χ0v) is 13.6. The standard InChI is InChI=1S/C14H13BrN2S2/c1-2-16-13(14-10(15)3-5-19-14)9-7-12-11(17-8-9)4-6-18-12/h3-8,13,16H,2H2,1H3. The summed E-state index contributed by atoms with van der Waals surface area (Å²) >= 11 is 7.14. The molecule has 0 saturated heterocycles. The summed E-state index contributed by atoms with van der Waals surface area (Å²) in [6.45, 7) is 3.06. The molecule has 98 valence electrons. The van der Waals surface area contributed by atoms with Gasteiger partial charge in [0.1, 0.15) is 0 Å². The maximum atomic E-state index is 4.54. The van der Waals surface area contributed by atoms with E-state index in [-0.39, 0.29) is 6.04 Å². The molecule has 0 fully saturated rings. The molecule has 1 unspecified atom stereocenters. The van der Waals surface area contributed by atoms with Crippen LogP contribution in [-0.2, 0) is 0 Å². The van der Waals surface area contributed by atoms with Crippen molar-refractivity contribution >= 4 is 48.8 Å². The quantitative estimate of drug-likeness (QED) is 0.727. The summed E-state index contributed by atoms with van der Waals surface area (Å²) in [5, 5.41) is 7.74. The Bertz CT molecular complexity index is 689. The van der Waals surface area contributed by atoms with Gasteiger partial charge in [-0.3, -0.25) is 4.98 Å². The number of rotatable bonds is 4. The highest BCUT2D eigenvalue weighted by Crippen LogP contribution is 2.34. The van der Waals surface area contributed by atoms with Crippen molar-refractivity contribution in [1.82, 2.24) is 10.3 Å². The summed E-state index contributed by atoms with van der Waals surface area (Å²) in [5.74, 6) is 0. The minimum absolute atomic E-state index is 0.207. The third-order valence-electron chi connectivity index (χ3n) is 2.97. The molecule has 0 aliphatic carbocycles. The number of hydrogen-bond acceptors (Lipinski definition) is 4. The third kappa shape index (κ3) is 2.60. The van der Waals surface area contributed by atoms with Crippen LogP contribution in [0, 0.1) is 0 Å². The molecule has 3 aromatic heterocycles. The van der Waals surface area contributed by atoms with Crippen molar-refractivity contribution in [1.29, 1.82) is 0 Å². The molecule has 2 nitrogen and oxygen atoms in total. The number of thiophene rings is 2. The first-order valence-electron chi connectivity index (χ1n) is 6.09. The first-order valence-corrected chi connectivity index (χ1v) is 8.64. The van der Waals surface area contributed by atoms with Gasteiger partial charge in [-0.2, -0.15) is 0 Å². The van der Waals surface area contributed by atoms with Gasteiger partial charge in [-0.1, -0.05) is 6.92 Å². The molecule has 0 bridgehead atoms. The highest BCUT2D eigenvalue weighted by atomic mass is 79.9. The van der Waals surface area contributed by atoms with Crippen molar-refractivity contribution in [3.05, 3.63) is 50.1 Å². The largest absolute Gasteiger partial charge is 0.306 e. The minimum atomic E-state index is 0.207. The maximum Gasteiger partial charge on any atom is 0.0809 e. The average molecular weight is 353 g/mol. The lowest BCUT2D eigenvalue weighted by Crippen LogP contribution is -2.21. The van der Waals surface area contributed by atoms with E-state index in [1.807, 2.05) is 6.20 Å².